The number of hydrogen-bond acceptors (Lipinski definition) is 6. The first-order valence-electron chi connectivity index (χ1n) is 12.3. The van der Waals surface area contributed by atoms with Crippen molar-refractivity contribution in [1.82, 2.24) is 23.8 Å². The van der Waals surface area contributed by atoms with Gasteiger partial charge in [0, 0.05) is 31.7 Å². The molecule has 1 aliphatic rings. The van der Waals surface area contributed by atoms with Gasteiger partial charge in [-0.05, 0) is 56.5 Å². The van der Waals surface area contributed by atoms with E-state index in [2.05, 4.69) is 9.97 Å². The lowest BCUT2D eigenvalue weighted by atomic mass is 9.96. The van der Waals surface area contributed by atoms with Gasteiger partial charge in [-0.3, -0.25) is 9.59 Å². The maximum absolute atomic E-state index is 13.4. The summed E-state index contributed by atoms with van der Waals surface area (Å²) in [6.45, 7) is 7.18. The van der Waals surface area contributed by atoms with Gasteiger partial charge >= 0.3 is 0 Å². The van der Waals surface area contributed by atoms with E-state index in [-0.39, 0.29) is 11.3 Å². The van der Waals surface area contributed by atoms with Gasteiger partial charge in [0.2, 0.25) is 0 Å². The average molecular weight is 500 g/mol. The Morgan fingerprint density at radius 1 is 1.08 bits per heavy atom. The Balaban J connectivity index is 1.59. The molecule has 0 radical (unpaired) electrons. The molecule has 0 saturated carbocycles. The SMILES string of the molecule is CCOc1ccc(C2/C(=C(\O)c3nc4c(C)cccn4c3C)C(=O)C(=O)N2CCCn2ccnc2)cc1. The van der Waals surface area contributed by atoms with Crippen molar-refractivity contribution in [2.45, 2.75) is 39.8 Å². The number of ether oxygens (including phenoxy) is 1. The van der Waals surface area contributed by atoms with Crippen LogP contribution in [0.1, 0.15) is 41.9 Å². The molecule has 0 bridgehead atoms. The summed E-state index contributed by atoms with van der Waals surface area (Å²) in [6.07, 6.45) is 7.74. The Kier molecular flexibility index (Phi) is 6.52. The topological polar surface area (TPSA) is 102 Å². The zero-order valence-electron chi connectivity index (χ0n) is 21.1. The van der Waals surface area contributed by atoms with Gasteiger partial charge in [0.1, 0.15) is 17.1 Å². The van der Waals surface area contributed by atoms with Crippen LogP contribution >= 0.6 is 0 Å². The lowest BCUT2D eigenvalue weighted by molar-refractivity contribution is -0.139. The molecule has 1 fully saturated rings. The first-order valence-corrected chi connectivity index (χ1v) is 12.3. The van der Waals surface area contributed by atoms with E-state index in [1.807, 2.05) is 78.5 Å². The number of rotatable bonds is 8. The van der Waals surface area contributed by atoms with Gasteiger partial charge in [0.15, 0.2) is 5.76 Å². The van der Waals surface area contributed by atoms with E-state index in [0.29, 0.717) is 54.5 Å². The minimum atomic E-state index is -0.747. The summed E-state index contributed by atoms with van der Waals surface area (Å²) in [5.41, 5.74) is 3.36. The number of carbonyl (C=O) groups is 2. The Labute approximate surface area is 214 Å². The summed E-state index contributed by atoms with van der Waals surface area (Å²) in [4.78, 5) is 36.9. The number of aromatic nitrogens is 4. The predicted molar refractivity (Wildman–Crippen MR) is 138 cm³/mol. The molecule has 4 aromatic rings. The second-order valence-electron chi connectivity index (χ2n) is 9.08. The van der Waals surface area contributed by atoms with Crippen LogP contribution in [0.5, 0.6) is 5.75 Å². The van der Waals surface area contributed by atoms with Crippen LogP contribution in [0.3, 0.4) is 0 Å². The third-order valence-corrected chi connectivity index (χ3v) is 6.73. The van der Waals surface area contributed by atoms with E-state index in [1.54, 1.807) is 12.5 Å². The average Bonchev–Trinajstić information content (AvgIpc) is 3.59. The quantitative estimate of drug-likeness (QED) is 0.223. The summed E-state index contributed by atoms with van der Waals surface area (Å²) in [5, 5.41) is 11.5. The molecule has 0 spiro atoms. The number of imidazole rings is 2. The van der Waals surface area contributed by atoms with Gasteiger partial charge in [-0.2, -0.15) is 0 Å². The number of Topliss-reactive ketones (excluding diaryl/α,β-unsaturated/α-hetero) is 1. The van der Waals surface area contributed by atoms with E-state index >= 15 is 0 Å². The van der Waals surface area contributed by atoms with Crippen LogP contribution in [0.4, 0.5) is 0 Å². The Morgan fingerprint density at radius 2 is 1.86 bits per heavy atom. The summed E-state index contributed by atoms with van der Waals surface area (Å²) < 4.78 is 9.37. The number of pyridine rings is 1. The number of benzene rings is 1. The van der Waals surface area contributed by atoms with Crippen molar-refractivity contribution in [1.29, 1.82) is 0 Å². The first-order chi connectivity index (χ1) is 17.9. The third kappa shape index (κ3) is 4.37. The van der Waals surface area contributed by atoms with Gasteiger partial charge in [0.25, 0.3) is 11.7 Å². The zero-order valence-corrected chi connectivity index (χ0v) is 21.1. The summed E-state index contributed by atoms with van der Waals surface area (Å²) in [7, 11) is 0. The fraction of sp³-hybridized carbons (Fsp3) is 0.286. The highest BCUT2D eigenvalue weighted by molar-refractivity contribution is 6.46. The molecule has 1 atom stereocenters. The number of fused-ring (bicyclic) bond motifs is 1. The molecule has 1 saturated heterocycles. The smallest absolute Gasteiger partial charge is 0.295 e. The number of nitrogens with zero attached hydrogens (tertiary/aromatic N) is 5. The van der Waals surface area contributed by atoms with Gasteiger partial charge in [0.05, 0.1) is 30.2 Å². The van der Waals surface area contributed by atoms with Crippen LogP contribution in [0.15, 0.2) is 66.9 Å². The fourth-order valence-electron chi connectivity index (χ4n) is 4.89. The molecule has 0 aliphatic carbocycles. The summed E-state index contributed by atoms with van der Waals surface area (Å²) in [6, 6.07) is 10.4. The van der Waals surface area contributed by atoms with Crippen molar-refractivity contribution in [2.24, 2.45) is 0 Å². The van der Waals surface area contributed by atoms with E-state index in [0.717, 1.165) is 5.56 Å². The van der Waals surface area contributed by atoms with E-state index in [1.165, 1.54) is 4.90 Å². The van der Waals surface area contributed by atoms with Crippen molar-refractivity contribution in [2.75, 3.05) is 13.2 Å². The summed E-state index contributed by atoms with van der Waals surface area (Å²) >= 11 is 0. The molecule has 5 rings (SSSR count). The van der Waals surface area contributed by atoms with Gasteiger partial charge < -0.3 is 23.7 Å². The molecule has 1 amide bonds. The second-order valence-corrected chi connectivity index (χ2v) is 9.08. The Hall–Kier alpha value is -4.40. The molecule has 37 heavy (non-hydrogen) atoms. The highest BCUT2D eigenvalue weighted by Crippen LogP contribution is 2.40. The predicted octanol–water partition coefficient (Wildman–Crippen LogP) is 4.06. The van der Waals surface area contributed by atoms with E-state index in [9.17, 15) is 14.7 Å². The monoisotopic (exact) mass is 499 g/mol. The number of ketones is 1. The fourth-order valence-corrected chi connectivity index (χ4v) is 4.89. The van der Waals surface area contributed by atoms with Gasteiger partial charge in [-0.15, -0.1) is 0 Å². The van der Waals surface area contributed by atoms with Crippen molar-refractivity contribution in [3.05, 3.63) is 89.4 Å². The number of aliphatic hydroxyl groups excluding tert-OH is 1. The Morgan fingerprint density at radius 3 is 2.54 bits per heavy atom. The van der Waals surface area contributed by atoms with Crippen LogP contribution in [0.25, 0.3) is 11.4 Å². The van der Waals surface area contributed by atoms with E-state index in [4.69, 9.17) is 4.74 Å². The number of aryl methyl sites for hydroxylation is 3. The highest BCUT2D eigenvalue weighted by atomic mass is 16.5. The number of amides is 1. The minimum Gasteiger partial charge on any atom is -0.505 e. The molecule has 9 heteroatoms. The molecular weight excluding hydrogens is 470 g/mol. The number of likely N-dealkylation sites (tertiary alicyclic amines) is 1. The second kappa shape index (κ2) is 9.93. The van der Waals surface area contributed by atoms with Crippen LogP contribution in [-0.2, 0) is 16.1 Å². The van der Waals surface area contributed by atoms with Crippen molar-refractivity contribution >= 4 is 23.1 Å². The largest absolute Gasteiger partial charge is 0.505 e. The van der Waals surface area contributed by atoms with Crippen LogP contribution < -0.4 is 4.74 Å². The van der Waals surface area contributed by atoms with E-state index < -0.39 is 17.7 Å². The highest BCUT2D eigenvalue weighted by Gasteiger charge is 2.46. The molecule has 9 nitrogen and oxygen atoms in total. The first kappa shape index (κ1) is 24.3. The molecule has 1 N–H and O–H groups in total. The summed E-state index contributed by atoms with van der Waals surface area (Å²) in [5.74, 6) is -0.930. The standard InChI is InChI=1S/C28H29N5O4/c1-4-37-21-10-8-20(9-11-21)24-22(25(34)23-19(3)32-14-5-7-18(2)27(32)30-23)26(35)28(36)33(24)15-6-13-31-16-12-29-17-31/h5,7-12,14,16-17,24,34H,4,6,13,15H2,1-3H3/b25-22+. The lowest BCUT2D eigenvalue weighted by Crippen LogP contribution is -2.31. The van der Waals surface area contributed by atoms with Gasteiger partial charge in [-0.1, -0.05) is 18.2 Å². The normalized spacial score (nSPS) is 17.2. The molecule has 1 unspecified atom stereocenters. The zero-order chi connectivity index (χ0) is 26.1. The van der Waals surface area contributed by atoms with Crippen molar-refractivity contribution < 1.29 is 19.4 Å². The maximum atomic E-state index is 13.4. The van der Waals surface area contributed by atoms with Crippen molar-refractivity contribution in [3.8, 4) is 5.75 Å². The molecule has 190 valence electrons. The molecular formula is C28H29N5O4. The maximum Gasteiger partial charge on any atom is 0.295 e. The molecule has 1 aromatic carbocycles. The minimum absolute atomic E-state index is 0.0425. The van der Waals surface area contributed by atoms with Crippen LogP contribution in [0.2, 0.25) is 0 Å². The number of hydrogen-bond donors (Lipinski definition) is 1. The lowest BCUT2D eigenvalue weighted by Gasteiger charge is -2.25. The number of aliphatic hydroxyl groups is 1. The number of carbonyl (C=O) groups excluding carboxylic acids is 2. The molecule has 3 aromatic heterocycles. The Bertz CT molecular complexity index is 1490. The third-order valence-electron chi connectivity index (χ3n) is 6.73. The van der Waals surface area contributed by atoms with Crippen LogP contribution in [-0.4, -0.2) is 53.8 Å². The van der Waals surface area contributed by atoms with Crippen molar-refractivity contribution in [3.63, 3.8) is 0 Å². The van der Waals surface area contributed by atoms with Gasteiger partial charge in [-0.25, -0.2) is 9.97 Å². The van der Waals surface area contributed by atoms with Crippen LogP contribution in [0, 0.1) is 13.8 Å². The molecule has 1 aliphatic heterocycles. The molecule has 4 heterocycles.